The van der Waals surface area contributed by atoms with Gasteiger partial charge >= 0.3 is 5.97 Å². The fourth-order valence-corrected chi connectivity index (χ4v) is 3.35. The highest BCUT2D eigenvalue weighted by atomic mass is 16.5. The van der Waals surface area contributed by atoms with E-state index in [2.05, 4.69) is 20.8 Å². The molecule has 1 atom stereocenters. The normalized spacial score (nSPS) is 15.2. The number of carbonyl (C=O) groups excluding carboxylic acids is 2. The van der Waals surface area contributed by atoms with Crippen molar-refractivity contribution in [2.24, 2.45) is 0 Å². The maximum Gasteiger partial charge on any atom is 0.355 e. The SMILES string of the molecule is CCOc1ccc([C@H]2C(C(=O)c3ccccc3)=C(C(=O)OC)Nc3nnnn32)cc1. The van der Waals surface area contributed by atoms with Gasteiger partial charge in [-0.2, -0.15) is 4.68 Å². The molecule has 1 N–H and O–H groups in total. The highest BCUT2D eigenvalue weighted by Crippen LogP contribution is 2.37. The Labute approximate surface area is 172 Å². The first-order chi connectivity index (χ1) is 14.6. The first-order valence-electron chi connectivity index (χ1n) is 9.34. The monoisotopic (exact) mass is 405 g/mol. The predicted octanol–water partition coefficient (Wildman–Crippen LogP) is 2.40. The van der Waals surface area contributed by atoms with Crippen LogP contribution in [0.5, 0.6) is 5.75 Å². The van der Waals surface area contributed by atoms with Crippen molar-refractivity contribution >= 4 is 17.7 Å². The summed E-state index contributed by atoms with van der Waals surface area (Å²) in [7, 11) is 1.26. The van der Waals surface area contributed by atoms with Gasteiger partial charge in [0.1, 0.15) is 17.5 Å². The molecule has 0 amide bonds. The number of allylic oxidation sites excluding steroid dienone is 1. The van der Waals surface area contributed by atoms with Crippen molar-refractivity contribution < 1.29 is 19.1 Å². The van der Waals surface area contributed by atoms with E-state index in [1.54, 1.807) is 36.4 Å². The molecule has 4 rings (SSSR count). The highest BCUT2D eigenvalue weighted by molar-refractivity contribution is 6.14. The van der Waals surface area contributed by atoms with Crippen LogP contribution in [0.2, 0.25) is 0 Å². The Morgan fingerprint density at radius 3 is 2.50 bits per heavy atom. The van der Waals surface area contributed by atoms with Gasteiger partial charge in [0, 0.05) is 5.56 Å². The van der Waals surface area contributed by atoms with Crippen molar-refractivity contribution in [3.8, 4) is 5.75 Å². The van der Waals surface area contributed by atoms with Crippen molar-refractivity contribution in [3.63, 3.8) is 0 Å². The van der Waals surface area contributed by atoms with E-state index in [-0.39, 0.29) is 23.0 Å². The van der Waals surface area contributed by atoms with E-state index < -0.39 is 12.0 Å². The van der Waals surface area contributed by atoms with Crippen LogP contribution >= 0.6 is 0 Å². The molecule has 0 unspecified atom stereocenters. The Balaban J connectivity index is 1.90. The maximum absolute atomic E-state index is 13.5. The van der Waals surface area contributed by atoms with Gasteiger partial charge in [0.05, 0.1) is 19.3 Å². The van der Waals surface area contributed by atoms with Crippen LogP contribution in [0, 0.1) is 0 Å². The summed E-state index contributed by atoms with van der Waals surface area (Å²) in [5.74, 6) is -0.0814. The van der Waals surface area contributed by atoms with Gasteiger partial charge in [-0.25, -0.2) is 4.79 Å². The zero-order valence-corrected chi connectivity index (χ0v) is 16.4. The third-order valence-electron chi connectivity index (χ3n) is 4.69. The molecule has 1 aliphatic rings. The number of rotatable bonds is 6. The number of ether oxygens (including phenoxy) is 2. The molecule has 9 heteroatoms. The number of hydrogen-bond acceptors (Lipinski definition) is 8. The lowest BCUT2D eigenvalue weighted by Gasteiger charge is -2.28. The van der Waals surface area contributed by atoms with E-state index in [4.69, 9.17) is 9.47 Å². The lowest BCUT2D eigenvalue weighted by Crippen LogP contribution is -2.32. The Kier molecular flexibility index (Phi) is 5.25. The molecule has 0 bridgehead atoms. The molecule has 30 heavy (non-hydrogen) atoms. The lowest BCUT2D eigenvalue weighted by atomic mass is 9.89. The van der Waals surface area contributed by atoms with Crippen molar-refractivity contribution in [3.05, 3.63) is 77.0 Å². The summed E-state index contributed by atoms with van der Waals surface area (Å²) in [4.78, 5) is 26.1. The third kappa shape index (κ3) is 3.41. The van der Waals surface area contributed by atoms with E-state index in [9.17, 15) is 9.59 Å². The minimum absolute atomic E-state index is 0.00698. The lowest BCUT2D eigenvalue weighted by molar-refractivity contribution is -0.136. The van der Waals surface area contributed by atoms with Gasteiger partial charge in [0.2, 0.25) is 5.95 Å². The average Bonchev–Trinajstić information content (AvgIpc) is 3.26. The number of esters is 1. The van der Waals surface area contributed by atoms with Crippen LogP contribution in [-0.4, -0.2) is 45.7 Å². The van der Waals surface area contributed by atoms with Gasteiger partial charge in [0.15, 0.2) is 5.78 Å². The fourth-order valence-electron chi connectivity index (χ4n) is 3.35. The van der Waals surface area contributed by atoms with Crippen LogP contribution in [0.3, 0.4) is 0 Å². The second kappa shape index (κ2) is 8.16. The van der Waals surface area contributed by atoms with Crippen molar-refractivity contribution in [2.45, 2.75) is 13.0 Å². The number of benzene rings is 2. The van der Waals surface area contributed by atoms with Crippen LogP contribution in [0.15, 0.2) is 65.9 Å². The van der Waals surface area contributed by atoms with Crippen molar-refractivity contribution in [1.82, 2.24) is 20.2 Å². The van der Waals surface area contributed by atoms with Gasteiger partial charge in [-0.1, -0.05) is 47.6 Å². The summed E-state index contributed by atoms with van der Waals surface area (Å²) < 4.78 is 11.9. The topological polar surface area (TPSA) is 108 Å². The molecule has 0 radical (unpaired) electrons. The number of Topliss-reactive ketones (excluding diaryl/α,β-unsaturated/α-hetero) is 1. The number of nitrogens with zero attached hydrogens (tertiary/aromatic N) is 4. The molecule has 9 nitrogen and oxygen atoms in total. The van der Waals surface area contributed by atoms with E-state index in [1.807, 2.05) is 25.1 Å². The van der Waals surface area contributed by atoms with Gasteiger partial charge in [0.25, 0.3) is 0 Å². The van der Waals surface area contributed by atoms with E-state index >= 15 is 0 Å². The third-order valence-corrected chi connectivity index (χ3v) is 4.69. The molecule has 2 heterocycles. The summed E-state index contributed by atoms with van der Waals surface area (Å²) >= 11 is 0. The molecule has 0 aliphatic carbocycles. The van der Waals surface area contributed by atoms with Crippen LogP contribution in [-0.2, 0) is 9.53 Å². The quantitative estimate of drug-likeness (QED) is 0.492. The van der Waals surface area contributed by atoms with Gasteiger partial charge in [-0.15, -0.1) is 0 Å². The Bertz CT molecular complexity index is 1110. The average molecular weight is 405 g/mol. The molecule has 1 aromatic heterocycles. The van der Waals surface area contributed by atoms with Gasteiger partial charge in [-0.3, -0.25) is 4.79 Å². The smallest absolute Gasteiger partial charge is 0.355 e. The number of ketones is 1. The Morgan fingerprint density at radius 2 is 1.83 bits per heavy atom. The molecule has 0 saturated carbocycles. The summed E-state index contributed by atoms with van der Waals surface area (Å²) in [6, 6.07) is 15.2. The minimum Gasteiger partial charge on any atom is -0.494 e. The molecule has 0 fully saturated rings. The van der Waals surface area contributed by atoms with Crippen LogP contribution in [0.4, 0.5) is 5.95 Å². The number of methoxy groups -OCH3 is 1. The zero-order valence-electron chi connectivity index (χ0n) is 16.4. The fraction of sp³-hybridized carbons (Fsp3) is 0.190. The number of carbonyl (C=O) groups is 2. The molecule has 0 spiro atoms. The van der Waals surface area contributed by atoms with Crippen LogP contribution in [0.1, 0.15) is 28.9 Å². The summed E-state index contributed by atoms with van der Waals surface area (Å²) in [5.41, 5.74) is 1.35. The molecule has 1 aliphatic heterocycles. The summed E-state index contributed by atoms with van der Waals surface area (Å²) in [5, 5.41) is 14.5. The van der Waals surface area contributed by atoms with E-state index in [0.29, 0.717) is 23.5 Å². The zero-order chi connectivity index (χ0) is 21.1. The second-order valence-corrected chi connectivity index (χ2v) is 6.45. The number of aromatic nitrogens is 4. The number of hydrogen-bond donors (Lipinski definition) is 1. The largest absolute Gasteiger partial charge is 0.494 e. The number of nitrogens with one attached hydrogen (secondary N) is 1. The number of tetrazole rings is 1. The first-order valence-corrected chi connectivity index (χ1v) is 9.34. The summed E-state index contributed by atoms with van der Waals surface area (Å²) in [6.07, 6.45) is 0. The number of anilines is 1. The van der Waals surface area contributed by atoms with E-state index in [1.165, 1.54) is 11.8 Å². The number of fused-ring (bicyclic) bond motifs is 1. The Morgan fingerprint density at radius 1 is 1.10 bits per heavy atom. The van der Waals surface area contributed by atoms with Gasteiger partial charge in [-0.05, 0) is 35.0 Å². The molecule has 0 saturated heterocycles. The summed E-state index contributed by atoms with van der Waals surface area (Å²) in [6.45, 7) is 2.43. The second-order valence-electron chi connectivity index (χ2n) is 6.45. The predicted molar refractivity (Wildman–Crippen MR) is 107 cm³/mol. The van der Waals surface area contributed by atoms with Crippen molar-refractivity contribution in [1.29, 1.82) is 0 Å². The molecule has 2 aromatic carbocycles. The molecular formula is C21H19N5O4. The van der Waals surface area contributed by atoms with Crippen LogP contribution < -0.4 is 10.1 Å². The van der Waals surface area contributed by atoms with E-state index in [0.717, 1.165) is 0 Å². The highest BCUT2D eigenvalue weighted by Gasteiger charge is 2.38. The van der Waals surface area contributed by atoms with Crippen LogP contribution in [0.25, 0.3) is 0 Å². The minimum atomic E-state index is -0.728. The van der Waals surface area contributed by atoms with Crippen molar-refractivity contribution in [2.75, 3.05) is 19.0 Å². The van der Waals surface area contributed by atoms with Gasteiger partial charge < -0.3 is 14.8 Å². The molecule has 3 aromatic rings. The molecule has 152 valence electrons. The standard InChI is InChI=1S/C21H19N5O4/c1-3-30-15-11-9-13(10-12-15)18-16(19(27)14-7-5-4-6-8-14)17(20(28)29-2)22-21-23-24-25-26(18)21/h4-12,18H,3H2,1-2H3,(H,22,23,25)/t18-/m0/s1. The maximum atomic E-state index is 13.5. The first kappa shape index (κ1) is 19.3. The molecular weight excluding hydrogens is 386 g/mol. The Hall–Kier alpha value is -4.01.